The van der Waals surface area contributed by atoms with Gasteiger partial charge in [-0.2, -0.15) is 0 Å². The minimum absolute atomic E-state index is 0.0108. The zero-order chi connectivity index (χ0) is 15.3. The van der Waals surface area contributed by atoms with E-state index in [1.165, 1.54) is 12.1 Å². The summed E-state index contributed by atoms with van der Waals surface area (Å²) in [6.07, 6.45) is 0. The normalized spacial score (nSPS) is 11.3. The van der Waals surface area contributed by atoms with Gasteiger partial charge in [-0.05, 0) is 26.0 Å². The largest absolute Gasteiger partial charge is 0.544 e. The van der Waals surface area contributed by atoms with Crippen LogP contribution in [0, 0.1) is 0 Å². The Morgan fingerprint density at radius 1 is 1.00 bits per heavy atom. The van der Waals surface area contributed by atoms with Crippen LogP contribution in [0.15, 0.2) is 30.3 Å². The molecule has 0 aliphatic rings. The first-order valence-corrected chi connectivity index (χ1v) is 6.29. The first-order chi connectivity index (χ1) is 9.40. The van der Waals surface area contributed by atoms with Crippen molar-refractivity contribution >= 4 is 17.8 Å². The zero-order valence-electron chi connectivity index (χ0n) is 11.4. The molecule has 0 radical (unpaired) electrons. The molecule has 1 aromatic rings. The van der Waals surface area contributed by atoms with Crippen LogP contribution >= 0.6 is 0 Å². The second kappa shape index (κ2) is 6.29. The van der Waals surface area contributed by atoms with Gasteiger partial charge in [-0.25, -0.2) is 9.28 Å². The molecule has 0 saturated carbocycles. The SMILES string of the molecule is CC[N+](CC)(C(=O)c1ccccc1)C(C(=O)[O-])C(=O)[O-]. The van der Waals surface area contributed by atoms with Gasteiger partial charge >= 0.3 is 5.91 Å². The Morgan fingerprint density at radius 3 is 1.80 bits per heavy atom. The van der Waals surface area contributed by atoms with Crippen LogP contribution in [0.25, 0.3) is 0 Å². The number of quaternary nitrogens is 1. The Balaban J connectivity index is 3.37. The Bertz CT molecular complexity index is 494. The molecule has 0 spiro atoms. The topological polar surface area (TPSA) is 97.3 Å². The number of rotatable bonds is 6. The minimum atomic E-state index is -2.03. The fraction of sp³-hybridized carbons (Fsp3) is 0.357. The predicted octanol–water partition coefficient (Wildman–Crippen LogP) is -1.45. The fourth-order valence-electron chi connectivity index (χ4n) is 2.33. The molecule has 0 aromatic heterocycles. The molecule has 1 rings (SSSR count). The average Bonchev–Trinajstić information content (AvgIpc) is 2.44. The molecular formula is C14H16NO5-. The van der Waals surface area contributed by atoms with E-state index in [9.17, 15) is 24.6 Å². The summed E-state index contributed by atoms with van der Waals surface area (Å²) >= 11 is 0. The molecule has 108 valence electrons. The molecule has 0 bridgehead atoms. The van der Waals surface area contributed by atoms with Gasteiger partial charge in [-0.1, -0.05) is 18.2 Å². The number of carboxylic acid groups (broad SMARTS) is 2. The number of hydrogen-bond acceptors (Lipinski definition) is 5. The van der Waals surface area contributed by atoms with Crippen molar-refractivity contribution in [2.75, 3.05) is 13.1 Å². The van der Waals surface area contributed by atoms with Gasteiger partial charge in [0.1, 0.15) is 11.9 Å². The van der Waals surface area contributed by atoms with E-state index >= 15 is 0 Å². The molecule has 0 atom stereocenters. The smallest absolute Gasteiger partial charge is 0.346 e. The molecule has 0 saturated heterocycles. The van der Waals surface area contributed by atoms with E-state index in [2.05, 4.69) is 0 Å². The predicted molar refractivity (Wildman–Crippen MR) is 65.9 cm³/mol. The van der Waals surface area contributed by atoms with Gasteiger partial charge < -0.3 is 19.8 Å². The molecule has 6 nitrogen and oxygen atoms in total. The van der Waals surface area contributed by atoms with Crippen LogP contribution in [0.3, 0.4) is 0 Å². The maximum atomic E-state index is 12.6. The Morgan fingerprint density at radius 2 is 1.45 bits per heavy atom. The van der Waals surface area contributed by atoms with E-state index in [1.54, 1.807) is 32.0 Å². The Hall–Kier alpha value is -2.21. The van der Waals surface area contributed by atoms with Crippen LogP contribution in [-0.4, -0.2) is 41.5 Å². The summed E-state index contributed by atoms with van der Waals surface area (Å²) in [5, 5.41) is 22.3. The van der Waals surface area contributed by atoms with E-state index in [1.807, 2.05) is 0 Å². The van der Waals surface area contributed by atoms with Crippen LogP contribution in [0.2, 0.25) is 0 Å². The third-order valence-corrected chi connectivity index (χ3v) is 3.49. The molecule has 0 N–H and O–H groups in total. The van der Waals surface area contributed by atoms with Crippen LogP contribution in [0.1, 0.15) is 24.2 Å². The first kappa shape index (κ1) is 15.8. The van der Waals surface area contributed by atoms with Crippen molar-refractivity contribution in [3.63, 3.8) is 0 Å². The van der Waals surface area contributed by atoms with Crippen molar-refractivity contribution in [3.05, 3.63) is 35.9 Å². The standard InChI is InChI=1S/C14H17NO5/c1-3-15(4-2,11(13(17)18)14(19)20)12(16)10-8-6-5-7-9-10/h5-9,11H,3-4H2,1-2H3,(H-,17,18,19,20)/p-1. The number of carbonyl (C=O) groups is 3. The summed E-state index contributed by atoms with van der Waals surface area (Å²) in [7, 11) is 0. The van der Waals surface area contributed by atoms with Crippen LogP contribution in [0.5, 0.6) is 0 Å². The maximum Gasteiger partial charge on any atom is 0.346 e. The number of carbonyl (C=O) groups excluding carboxylic acids is 3. The molecule has 0 unspecified atom stereocenters. The highest BCUT2D eigenvalue weighted by atomic mass is 16.4. The van der Waals surface area contributed by atoms with Crippen molar-refractivity contribution in [3.8, 4) is 0 Å². The Kier molecular flexibility index (Phi) is 4.99. The van der Waals surface area contributed by atoms with Crippen molar-refractivity contribution < 1.29 is 29.1 Å². The highest BCUT2D eigenvalue weighted by molar-refractivity contribution is 5.98. The number of aliphatic carboxylic acids is 2. The molecule has 1 amide bonds. The molecular weight excluding hydrogens is 262 g/mol. The number of hydrogen-bond donors (Lipinski definition) is 0. The van der Waals surface area contributed by atoms with Gasteiger partial charge in [-0.15, -0.1) is 0 Å². The van der Waals surface area contributed by atoms with Gasteiger partial charge in [0.05, 0.1) is 18.7 Å². The second-order valence-electron chi connectivity index (χ2n) is 4.38. The van der Waals surface area contributed by atoms with Crippen molar-refractivity contribution in [1.82, 2.24) is 0 Å². The van der Waals surface area contributed by atoms with Gasteiger partial charge in [0.2, 0.25) is 0 Å². The lowest BCUT2D eigenvalue weighted by Crippen LogP contribution is -2.69. The molecule has 0 aliphatic heterocycles. The van der Waals surface area contributed by atoms with Gasteiger partial charge in [0, 0.05) is 0 Å². The van der Waals surface area contributed by atoms with Crippen LogP contribution in [-0.2, 0) is 9.59 Å². The lowest BCUT2D eigenvalue weighted by Gasteiger charge is -2.41. The van der Waals surface area contributed by atoms with Gasteiger partial charge in [-0.3, -0.25) is 0 Å². The summed E-state index contributed by atoms with van der Waals surface area (Å²) < 4.78 is -0.769. The lowest BCUT2D eigenvalue weighted by molar-refractivity contribution is -0.858. The average molecular weight is 278 g/mol. The van der Waals surface area contributed by atoms with Gasteiger partial charge in [0.15, 0.2) is 6.04 Å². The Labute approximate surface area is 116 Å². The van der Waals surface area contributed by atoms with E-state index in [4.69, 9.17) is 0 Å². The summed E-state index contributed by atoms with van der Waals surface area (Å²) in [6, 6.07) is 5.96. The number of nitrogens with zero attached hydrogens (tertiary/aromatic N) is 1. The first-order valence-electron chi connectivity index (χ1n) is 6.29. The van der Waals surface area contributed by atoms with E-state index in [-0.39, 0.29) is 18.7 Å². The van der Waals surface area contributed by atoms with E-state index < -0.39 is 28.4 Å². The van der Waals surface area contributed by atoms with Crippen molar-refractivity contribution in [2.45, 2.75) is 19.9 Å². The number of likely N-dealkylation sites (N-methyl/N-ethyl adjacent to an activating group) is 1. The van der Waals surface area contributed by atoms with E-state index in [0.717, 1.165) is 0 Å². The number of amides is 1. The van der Waals surface area contributed by atoms with Crippen LogP contribution < -0.4 is 10.2 Å². The molecule has 0 fully saturated rings. The quantitative estimate of drug-likeness (QED) is 0.468. The molecule has 0 aliphatic carbocycles. The van der Waals surface area contributed by atoms with Crippen LogP contribution in [0.4, 0.5) is 0 Å². The minimum Gasteiger partial charge on any atom is -0.544 e. The molecule has 6 heteroatoms. The maximum absolute atomic E-state index is 12.6. The second-order valence-corrected chi connectivity index (χ2v) is 4.38. The highest BCUT2D eigenvalue weighted by Crippen LogP contribution is 2.19. The number of benzene rings is 1. The zero-order valence-corrected chi connectivity index (χ0v) is 11.4. The molecule has 1 aromatic carbocycles. The van der Waals surface area contributed by atoms with E-state index in [0.29, 0.717) is 0 Å². The summed E-state index contributed by atoms with van der Waals surface area (Å²) in [5.74, 6) is -4.22. The summed E-state index contributed by atoms with van der Waals surface area (Å²) in [5.41, 5.74) is 0.253. The molecule has 20 heavy (non-hydrogen) atoms. The third kappa shape index (κ3) is 2.70. The summed E-state index contributed by atoms with van der Waals surface area (Å²) in [6.45, 7) is 3.14. The summed E-state index contributed by atoms with van der Waals surface area (Å²) in [4.78, 5) is 34.9. The fourth-order valence-corrected chi connectivity index (χ4v) is 2.33. The lowest BCUT2D eigenvalue weighted by atomic mass is 10.1. The third-order valence-electron chi connectivity index (χ3n) is 3.49. The number of carboxylic acids is 2. The molecule has 0 heterocycles. The highest BCUT2D eigenvalue weighted by Gasteiger charge is 2.43. The van der Waals surface area contributed by atoms with Crippen molar-refractivity contribution in [2.24, 2.45) is 0 Å². The monoisotopic (exact) mass is 278 g/mol. The van der Waals surface area contributed by atoms with Gasteiger partial charge in [0.25, 0.3) is 0 Å². The van der Waals surface area contributed by atoms with Crippen molar-refractivity contribution in [1.29, 1.82) is 0 Å².